The molecule has 0 aromatic heterocycles. The number of carbonyl (C=O) groups excluding carboxylic acids is 1. The van der Waals surface area contributed by atoms with E-state index in [-0.39, 0.29) is 30.6 Å². The van der Waals surface area contributed by atoms with Crippen molar-refractivity contribution in [3.63, 3.8) is 0 Å². The predicted molar refractivity (Wildman–Crippen MR) is 56.7 cm³/mol. The Morgan fingerprint density at radius 2 is 2.12 bits per heavy atom. The first kappa shape index (κ1) is 14.4. The fraction of sp³-hybridized carbons (Fsp3) is 0.909. The van der Waals surface area contributed by atoms with Gasteiger partial charge in [-0.1, -0.05) is 6.92 Å². The van der Waals surface area contributed by atoms with Crippen molar-refractivity contribution in [1.82, 2.24) is 5.32 Å². The number of hydrogen-bond acceptors (Lipinski definition) is 3. The normalized spacial score (nSPS) is 25.2. The molecule has 1 N–H and O–H groups in total. The molecule has 1 aliphatic rings. The van der Waals surface area contributed by atoms with Gasteiger partial charge in [0.15, 0.2) is 0 Å². The van der Waals surface area contributed by atoms with Gasteiger partial charge in [0.25, 0.3) is 0 Å². The van der Waals surface area contributed by atoms with E-state index >= 15 is 0 Å². The lowest BCUT2D eigenvalue weighted by Gasteiger charge is -2.17. The molecule has 1 rings (SSSR count). The second-order valence-corrected chi connectivity index (χ2v) is 4.24. The summed E-state index contributed by atoms with van der Waals surface area (Å²) in [6.07, 6.45) is -5.21. The van der Waals surface area contributed by atoms with Crippen LogP contribution in [0.5, 0.6) is 0 Å². The number of hydrogen-bond donors (Lipinski definition) is 1. The summed E-state index contributed by atoms with van der Waals surface area (Å²) >= 11 is 0. The molecule has 0 aromatic rings. The van der Waals surface area contributed by atoms with Gasteiger partial charge in [-0.15, -0.1) is 0 Å². The molecule has 17 heavy (non-hydrogen) atoms. The van der Waals surface area contributed by atoms with Crippen LogP contribution in [0.4, 0.5) is 13.2 Å². The smallest absolute Gasteiger partial charge is 0.379 e. The summed E-state index contributed by atoms with van der Waals surface area (Å²) < 4.78 is 41.0. The Kier molecular flexibility index (Phi) is 5.39. The van der Waals surface area contributed by atoms with Gasteiger partial charge in [0.1, 0.15) is 5.78 Å². The first-order valence-electron chi connectivity index (χ1n) is 5.84. The van der Waals surface area contributed by atoms with E-state index in [1.807, 2.05) is 6.92 Å². The van der Waals surface area contributed by atoms with Crippen molar-refractivity contribution in [2.45, 2.75) is 38.4 Å². The highest BCUT2D eigenvalue weighted by Gasteiger charge is 2.33. The maximum absolute atomic E-state index is 11.9. The molecule has 0 aliphatic carbocycles. The molecule has 0 bridgehead atoms. The van der Waals surface area contributed by atoms with E-state index in [9.17, 15) is 18.0 Å². The van der Waals surface area contributed by atoms with Crippen molar-refractivity contribution in [2.75, 3.05) is 19.8 Å². The van der Waals surface area contributed by atoms with Crippen LogP contribution in [0, 0.1) is 5.92 Å². The highest BCUT2D eigenvalue weighted by atomic mass is 19.4. The molecule has 100 valence electrons. The minimum atomic E-state index is -4.17. The van der Waals surface area contributed by atoms with Crippen LogP contribution in [0.2, 0.25) is 0 Å². The predicted octanol–water partition coefficient (Wildman–Crippen LogP) is 1.91. The molecule has 2 unspecified atom stereocenters. The van der Waals surface area contributed by atoms with Crippen molar-refractivity contribution in [3.05, 3.63) is 0 Å². The number of ketones is 1. The van der Waals surface area contributed by atoms with E-state index < -0.39 is 12.6 Å². The monoisotopic (exact) mass is 253 g/mol. The maximum Gasteiger partial charge on any atom is 0.389 e. The third kappa shape index (κ3) is 5.04. The molecular formula is C11H18F3NO2. The lowest BCUT2D eigenvalue weighted by atomic mass is 9.95. The third-order valence-electron chi connectivity index (χ3n) is 2.84. The zero-order chi connectivity index (χ0) is 12.9. The number of Topliss-reactive ketones (excluding diaryl/α,β-unsaturated/α-hetero) is 1. The fourth-order valence-corrected chi connectivity index (χ4v) is 1.98. The van der Waals surface area contributed by atoms with Gasteiger partial charge in [-0.2, -0.15) is 13.2 Å². The van der Waals surface area contributed by atoms with Gasteiger partial charge in [0.05, 0.1) is 19.1 Å². The number of ether oxygens (including phenoxy) is 1. The Morgan fingerprint density at radius 3 is 2.71 bits per heavy atom. The topological polar surface area (TPSA) is 38.3 Å². The van der Waals surface area contributed by atoms with Crippen molar-refractivity contribution >= 4 is 5.78 Å². The van der Waals surface area contributed by atoms with Crippen molar-refractivity contribution in [3.8, 4) is 0 Å². The molecule has 1 fully saturated rings. The molecule has 0 radical (unpaired) electrons. The Hall–Kier alpha value is -0.620. The number of nitrogens with one attached hydrogen (secondary N) is 1. The Bertz CT molecular complexity index is 256. The van der Waals surface area contributed by atoms with Gasteiger partial charge in [0.2, 0.25) is 0 Å². The lowest BCUT2D eigenvalue weighted by Crippen LogP contribution is -2.39. The van der Waals surface area contributed by atoms with Crippen LogP contribution in [-0.4, -0.2) is 37.8 Å². The Labute approximate surface area is 98.7 Å². The van der Waals surface area contributed by atoms with E-state index in [0.29, 0.717) is 13.2 Å². The average molecular weight is 253 g/mol. The molecule has 0 aromatic carbocycles. The third-order valence-corrected chi connectivity index (χ3v) is 2.84. The summed E-state index contributed by atoms with van der Waals surface area (Å²) in [7, 11) is 0. The quantitative estimate of drug-likeness (QED) is 0.786. The molecule has 1 heterocycles. The van der Waals surface area contributed by atoms with E-state index in [1.54, 1.807) is 0 Å². The van der Waals surface area contributed by atoms with Crippen molar-refractivity contribution < 1.29 is 22.7 Å². The Balaban J connectivity index is 2.31. The zero-order valence-corrected chi connectivity index (χ0v) is 9.85. The largest absolute Gasteiger partial charge is 0.389 e. The van der Waals surface area contributed by atoms with E-state index in [0.717, 1.165) is 6.54 Å². The molecule has 1 saturated heterocycles. The highest BCUT2D eigenvalue weighted by molar-refractivity contribution is 5.82. The van der Waals surface area contributed by atoms with E-state index in [2.05, 4.69) is 5.32 Å². The molecule has 3 nitrogen and oxygen atoms in total. The zero-order valence-electron chi connectivity index (χ0n) is 9.85. The van der Waals surface area contributed by atoms with E-state index in [1.165, 1.54) is 0 Å². The van der Waals surface area contributed by atoms with Gasteiger partial charge in [-0.05, 0) is 13.0 Å². The second-order valence-electron chi connectivity index (χ2n) is 4.24. The number of rotatable bonds is 6. The van der Waals surface area contributed by atoms with Crippen LogP contribution in [0.1, 0.15) is 26.2 Å². The molecule has 0 spiro atoms. The number of halogens is 3. The molecule has 2 atom stereocenters. The SMILES string of the molecule is CCNC1COCC1C(=O)CCCC(F)(F)F. The molecule has 0 saturated carbocycles. The second kappa shape index (κ2) is 6.35. The van der Waals surface area contributed by atoms with E-state index in [4.69, 9.17) is 4.74 Å². The summed E-state index contributed by atoms with van der Waals surface area (Å²) in [5, 5.41) is 3.11. The minimum Gasteiger partial charge on any atom is -0.379 e. The molecule has 1 aliphatic heterocycles. The summed E-state index contributed by atoms with van der Waals surface area (Å²) in [6.45, 7) is 3.43. The van der Waals surface area contributed by atoms with Gasteiger partial charge < -0.3 is 10.1 Å². The van der Waals surface area contributed by atoms with Crippen LogP contribution in [0.15, 0.2) is 0 Å². The van der Waals surface area contributed by atoms with Crippen LogP contribution in [0.3, 0.4) is 0 Å². The van der Waals surface area contributed by atoms with Gasteiger partial charge in [-0.25, -0.2) is 0 Å². The minimum absolute atomic E-state index is 0.0184. The van der Waals surface area contributed by atoms with Crippen molar-refractivity contribution in [2.24, 2.45) is 5.92 Å². The van der Waals surface area contributed by atoms with Crippen LogP contribution >= 0.6 is 0 Å². The highest BCUT2D eigenvalue weighted by Crippen LogP contribution is 2.24. The first-order valence-corrected chi connectivity index (χ1v) is 5.84. The summed E-state index contributed by atoms with van der Waals surface area (Å²) in [6, 6.07) is -0.0432. The van der Waals surface area contributed by atoms with Gasteiger partial charge in [-0.3, -0.25) is 4.79 Å². The fourth-order valence-electron chi connectivity index (χ4n) is 1.98. The molecule has 0 amide bonds. The van der Waals surface area contributed by atoms with Crippen LogP contribution < -0.4 is 5.32 Å². The Morgan fingerprint density at radius 1 is 1.41 bits per heavy atom. The van der Waals surface area contributed by atoms with Crippen LogP contribution in [-0.2, 0) is 9.53 Å². The number of alkyl halides is 3. The maximum atomic E-state index is 11.9. The van der Waals surface area contributed by atoms with Crippen LogP contribution in [0.25, 0.3) is 0 Å². The van der Waals surface area contributed by atoms with Gasteiger partial charge in [0, 0.05) is 18.9 Å². The number of carbonyl (C=O) groups is 1. The molecule has 6 heteroatoms. The standard InChI is InChI=1S/C11H18F3NO2/c1-2-15-9-7-17-6-8(9)10(16)4-3-5-11(12,13)14/h8-9,15H,2-7H2,1H3. The summed E-state index contributed by atoms with van der Waals surface area (Å²) in [4.78, 5) is 11.7. The van der Waals surface area contributed by atoms with Crippen molar-refractivity contribution in [1.29, 1.82) is 0 Å². The molecular weight excluding hydrogens is 235 g/mol. The number of likely N-dealkylation sites (N-methyl/N-ethyl adjacent to an activating group) is 1. The van der Waals surface area contributed by atoms with Gasteiger partial charge >= 0.3 is 6.18 Å². The summed E-state index contributed by atoms with van der Waals surface area (Å²) in [5.74, 6) is -0.416. The first-order chi connectivity index (χ1) is 7.94. The average Bonchev–Trinajstić information content (AvgIpc) is 2.64. The summed E-state index contributed by atoms with van der Waals surface area (Å²) in [5.41, 5.74) is 0. The lowest BCUT2D eigenvalue weighted by molar-refractivity contribution is -0.137.